The Morgan fingerprint density at radius 2 is 1.96 bits per heavy atom. The first-order chi connectivity index (χ1) is 24.2. The van der Waals surface area contributed by atoms with Gasteiger partial charge in [-0.05, 0) is 100 Å². The fourth-order valence-corrected chi connectivity index (χ4v) is 10.3. The number of sulfonamides is 1. The fraction of sp³-hybridized carbons (Fsp3) is 0.605. The number of ether oxygens (including phenoxy) is 4. The number of nitrogens with zero attached hydrogens (tertiary/aromatic N) is 2. The molecule has 278 valence electrons. The van der Waals surface area contributed by atoms with Gasteiger partial charge in [0.1, 0.15) is 23.2 Å². The van der Waals surface area contributed by atoms with E-state index in [0.717, 1.165) is 25.7 Å². The number of benzene rings is 2. The van der Waals surface area contributed by atoms with Crippen molar-refractivity contribution in [3.8, 4) is 5.75 Å². The molecule has 51 heavy (non-hydrogen) atoms. The summed E-state index contributed by atoms with van der Waals surface area (Å²) in [5.41, 5.74) is 1.59. The molecule has 1 spiro atoms. The van der Waals surface area contributed by atoms with Crippen LogP contribution in [0, 0.1) is 5.92 Å². The zero-order chi connectivity index (χ0) is 36.3. The first kappa shape index (κ1) is 36.6. The molecule has 1 N–H and O–H groups in total. The number of hydrogen-bond donors (Lipinski definition) is 1. The summed E-state index contributed by atoms with van der Waals surface area (Å²) in [4.78, 5) is 18.0. The average molecular weight is 746 g/mol. The third-order valence-electron chi connectivity index (χ3n) is 11.9. The minimum atomic E-state index is -4.12. The van der Waals surface area contributed by atoms with Crippen molar-refractivity contribution in [1.29, 1.82) is 0 Å². The van der Waals surface area contributed by atoms with Gasteiger partial charge in [0.2, 0.25) is 10.0 Å². The lowest BCUT2D eigenvalue weighted by Gasteiger charge is -2.56. The van der Waals surface area contributed by atoms with Gasteiger partial charge in [-0.1, -0.05) is 30.7 Å². The molecule has 4 heterocycles. The van der Waals surface area contributed by atoms with Crippen molar-refractivity contribution in [3.05, 3.63) is 70.0 Å². The molecule has 2 saturated heterocycles. The van der Waals surface area contributed by atoms with Crippen LogP contribution in [-0.4, -0.2) is 94.5 Å². The Morgan fingerprint density at radius 3 is 2.67 bits per heavy atom. The number of fused-ring (bicyclic) bond motifs is 4. The fourth-order valence-electron chi connectivity index (χ4n) is 8.77. The van der Waals surface area contributed by atoms with Crippen molar-refractivity contribution < 1.29 is 36.6 Å². The van der Waals surface area contributed by atoms with Gasteiger partial charge >= 0.3 is 0 Å². The van der Waals surface area contributed by atoms with Crippen LogP contribution in [0.15, 0.2) is 48.3 Å². The van der Waals surface area contributed by atoms with Crippen LogP contribution in [0.5, 0.6) is 5.75 Å². The number of allylic oxidation sites excluding steroid dienone is 1. The van der Waals surface area contributed by atoms with Crippen LogP contribution in [-0.2, 0) is 36.1 Å². The molecule has 1 aliphatic carbocycles. The van der Waals surface area contributed by atoms with Crippen molar-refractivity contribution in [2.45, 2.75) is 93.9 Å². The quantitative estimate of drug-likeness (QED) is 0.420. The largest absolute Gasteiger partial charge is 0.490 e. The lowest BCUT2D eigenvalue weighted by Crippen LogP contribution is -2.71. The van der Waals surface area contributed by atoms with Crippen LogP contribution >= 0.6 is 11.6 Å². The lowest BCUT2D eigenvalue weighted by atomic mass is 9.70. The molecular formula is C38H49ClFN3O7S. The summed E-state index contributed by atoms with van der Waals surface area (Å²) < 4.78 is 71.5. The topological polar surface area (TPSA) is 107 Å². The van der Waals surface area contributed by atoms with Crippen LogP contribution in [0.25, 0.3) is 0 Å². The maximum Gasteiger partial charge on any atom is 0.264 e. The van der Waals surface area contributed by atoms with E-state index in [1.807, 2.05) is 26.0 Å². The highest BCUT2D eigenvalue weighted by atomic mass is 35.5. The number of aryl methyl sites for hydroxylation is 1. The maximum atomic E-state index is 17.2. The minimum absolute atomic E-state index is 0.0101. The number of anilines is 1. The van der Waals surface area contributed by atoms with Crippen LogP contribution < -0.4 is 14.4 Å². The van der Waals surface area contributed by atoms with Crippen LogP contribution in [0.2, 0.25) is 5.02 Å². The predicted molar refractivity (Wildman–Crippen MR) is 194 cm³/mol. The highest BCUT2D eigenvalue weighted by Crippen LogP contribution is 2.47. The van der Waals surface area contributed by atoms with Crippen molar-refractivity contribution in [1.82, 2.24) is 9.62 Å². The smallest absolute Gasteiger partial charge is 0.264 e. The van der Waals surface area contributed by atoms with Crippen molar-refractivity contribution in [3.63, 3.8) is 0 Å². The number of nitrogens with one attached hydrogen (secondary N) is 1. The zero-order valence-corrected chi connectivity index (χ0v) is 31.6. The second-order valence-electron chi connectivity index (χ2n) is 15.5. The van der Waals surface area contributed by atoms with E-state index >= 15 is 4.39 Å². The molecule has 2 aromatic carbocycles. The van der Waals surface area contributed by atoms with Gasteiger partial charge in [0.25, 0.3) is 5.91 Å². The van der Waals surface area contributed by atoms with Gasteiger partial charge in [-0.2, -0.15) is 0 Å². The van der Waals surface area contributed by atoms with Crippen molar-refractivity contribution in [2.75, 3.05) is 51.5 Å². The minimum Gasteiger partial charge on any atom is -0.490 e. The summed E-state index contributed by atoms with van der Waals surface area (Å²) in [5.74, 6) is -1.99. The number of halogens is 2. The van der Waals surface area contributed by atoms with Crippen molar-refractivity contribution >= 4 is 33.2 Å². The van der Waals surface area contributed by atoms with Gasteiger partial charge in [-0.3, -0.25) is 9.69 Å². The summed E-state index contributed by atoms with van der Waals surface area (Å²) in [6.07, 6.45) is 4.48. The Hall–Kier alpha value is -2.74. The predicted octanol–water partition coefficient (Wildman–Crippen LogP) is 5.77. The molecule has 2 aromatic rings. The standard InChI is InChI=1S/C38H49ClFN3O7S/c1-24-8-13-33(40)38(23-47-5,34-20-49-36(3,4)50-34)43-16-14-29(43)19-42-21-37(15-6-7-26-17-28(39)10-11-30(26)37)22-48-32-12-9-27(18-31(32)42)35(44)41-51(45,46)25(24)2/h9-13,17-18,24-25,29,34H,6-8,14-16,19-23H2,1-5H3,(H,41,44)/b33-13-/t24-,25+,29-,34-,37-,38+/m0/s1. The number of methoxy groups -OCH3 is 1. The number of carbonyl (C=O) groups is 1. The van der Waals surface area contributed by atoms with Crippen LogP contribution in [0.4, 0.5) is 10.1 Å². The first-order valence-electron chi connectivity index (χ1n) is 18.0. The highest BCUT2D eigenvalue weighted by Gasteiger charge is 2.58. The summed E-state index contributed by atoms with van der Waals surface area (Å²) in [6.45, 7) is 9.19. The van der Waals surface area contributed by atoms with Gasteiger partial charge in [0, 0.05) is 48.8 Å². The summed E-state index contributed by atoms with van der Waals surface area (Å²) in [5, 5.41) is -0.295. The molecule has 0 aromatic heterocycles. The van der Waals surface area contributed by atoms with E-state index in [-0.39, 0.29) is 36.7 Å². The third kappa shape index (κ3) is 6.58. The Kier molecular flexibility index (Phi) is 9.76. The second-order valence-corrected chi connectivity index (χ2v) is 18.0. The van der Waals surface area contributed by atoms with E-state index in [1.54, 1.807) is 39.2 Å². The molecule has 6 atom stereocenters. The monoisotopic (exact) mass is 745 g/mol. The molecular weight excluding hydrogens is 697 g/mol. The van der Waals surface area contributed by atoms with E-state index in [9.17, 15) is 13.2 Å². The molecule has 10 nitrogen and oxygen atoms in total. The van der Waals surface area contributed by atoms with Crippen LogP contribution in [0.1, 0.15) is 74.9 Å². The van der Waals surface area contributed by atoms with E-state index in [4.69, 9.17) is 30.5 Å². The Labute approximate surface area is 305 Å². The number of carbonyl (C=O) groups excluding carboxylic acids is 1. The molecule has 7 rings (SSSR count). The zero-order valence-electron chi connectivity index (χ0n) is 30.0. The number of rotatable bonds is 3. The average Bonchev–Trinajstić information content (AvgIpc) is 3.37. The van der Waals surface area contributed by atoms with E-state index in [0.29, 0.717) is 42.7 Å². The van der Waals surface area contributed by atoms with Crippen molar-refractivity contribution in [2.24, 2.45) is 5.92 Å². The van der Waals surface area contributed by atoms with Gasteiger partial charge in [-0.15, -0.1) is 0 Å². The van der Waals surface area contributed by atoms with Gasteiger partial charge < -0.3 is 23.8 Å². The summed E-state index contributed by atoms with van der Waals surface area (Å²) >= 11 is 6.46. The molecule has 2 fully saturated rings. The second kappa shape index (κ2) is 13.6. The summed E-state index contributed by atoms with van der Waals surface area (Å²) in [6, 6.07) is 11.1. The molecule has 0 saturated carbocycles. The highest BCUT2D eigenvalue weighted by molar-refractivity contribution is 7.90. The van der Waals surface area contributed by atoms with Crippen LogP contribution in [0.3, 0.4) is 0 Å². The normalized spacial score (nSPS) is 34.6. The van der Waals surface area contributed by atoms with Gasteiger partial charge in [0.15, 0.2) is 5.79 Å². The molecule has 0 unspecified atom stereocenters. The number of amides is 1. The molecule has 1 amide bonds. The Bertz CT molecular complexity index is 1820. The third-order valence-corrected chi connectivity index (χ3v) is 14.0. The Morgan fingerprint density at radius 1 is 1.16 bits per heavy atom. The van der Waals surface area contributed by atoms with E-state index in [1.165, 1.54) is 17.2 Å². The molecule has 0 radical (unpaired) electrons. The molecule has 5 aliphatic rings. The molecule has 2 bridgehead atoms. The van der Waals surface area contributed by atoms with E-state index < -0.39 is 50.4 Å². The maximum absolute atomic E-state index is 17.2. The van der Waals surface area contributed by atoms with Gasteiger partial charge in [0.05, 0.1) is 30.8 Å². The van der Waals surface area contributed by atoms with Gasteiger partial charge in [-0.25, -0.2) is 17.5 Å². The Balaban J connectivity index is 1.37. The number of hydrogen-bond acceptors (Lipinski definition) is 9. The summed E-state index contributed by atoms with van der Waals surface area (Å²) in [7, 11) is -2.56. The molecule has 13 heteroatoms. The van der Waals surface area contributed by atoms with E-state index in [2.05, 4.69) is 20.6 Å². The lowest BCUT2D eigenvalue weighted by molar-refractivity contribution is -0.174. The SMILES string of the molecule is COC[C@]1([C@@H]2COC(C)(C)O2)/C(F)=C/C[C@H](C)[C@@H](C)S(=O)(=O)NC(=O)c2ccc3c(c2)N(C[C@@H]2CCN21)C[C@@]1(CCCc2cc(Cl)ccc21)CO3. The first-order valence-corrected chi connectivity index (χ1v) is 19.9. The molecule has 4 aliphatic heterocycles.